The molecule has 0 fully saturated rings. The molecule has 1 aliphatic carbocycles. The highest BCUT2D eigenvalue weighted by Gasteiger charge is 2.13. The Kier molecular flexibility index (Phi) is 4.38. The van der Waals surface area contributed by atoms with Gasteiger partial charge in [-0.25, -0.2) is 0 Å². The number of nitrogens with one attached hydrogen (secondary N) is 1. The summed E-state index contributed by atoms with van der Waals surface area (Å²) in [6.45, 7) is 2.72. The third-order valence-corrected chi connectivity index (χ3v) is 3.32. The van der Waals surface area contributed by atoms with Gasteiger partial charge in [-0.1, -0.05) is 25.1 Å². The number of nitrogens with zero attached hydrogens (tertiary/aromatic N) is 1. The third kappa shape index (κ3) is 2.86. The predicted octanol–water partition coefficient (Wildman–Crippen LogP) is 3.19. The normalized spacial score (nSPS) is 13.7. The first-order chi connectivity index (χ1) is 9.30. The average Bonchev–Trinajstić information content (AvgIpc) is 2.62. The van der Waals surface area contributed by atoms with Gasteiger partial charge < -0.3 is 10.4 Å². The van der Waals surface area contributed by atoms with Gasteiger partial charge in [-0.05, 0) is 41.7 Å². The van der Waals surface area contributed by atoms with Gasteiger partial charge in [-0.15, -0.1) is 0 Å². The van der Waals surface area contributed by atoms with Crippen LogP contribution >= 0.6 is 0 Å². The van der Waals surface area contributed by atoms with E-state index in [0.717, 1.165) is 35.2 Å². The van der Waals surface area contributed by atoms with E-state index in [4.69, 9.17) is 5.11 Å². The van der Waals surface area contributed by atoms with Crippen molar-refractivity contribution in [3.8, 4) is 6.07 Å². The van der Waals surface area contributed by atoms with E-state index < -0.39 is 0 Å². The van der Waals surface area contributed by atoms with Crippen molar-refractivity contribution >= 4 is 17.3 Å². The van der Waals surface area contributed by atoms with Crippen LogP contribution in [0.4, 0.5) is 5.69 Å². The summed E-state index contributed by atoms with van der Waals surface area (Å²) < 4.78 is 0. The highest BCUT2D eigenvalue weighted by Crippen LogP contribution is 2.31. The molecule has 0 bridgehead atoms. The molecule has 2 rings (SSSR count). The van der Waals surface area contributed by atoms with E-state index in [2.05, 4.69) is 30.5 Å². The minimum absolute atomic E-state index is 0.107. The third-order valence-electron chi connectivity index (χ3n) is 3.32. The molecule has 0 amide bonds. The molecule has 0 heterocycles. The molecule has 98 valence electrons. The standard InChI is InChI=1S/C16H18N2O/c1-2-12-4-3-5-13-10-14(18-8-9-19)6-7-15(13)16(12)11-17/h3,5-7,10,18-19H,2,4,8-9H2,1H3. The summed E-state index contributed by atoms with van der Waals surface area (Å²) in [5.41, 5.74) is 5.02. The largest absolute Gasteiger partial charge is 0.395 e. The first-order valence-electron chi connectivity index (χ1n) is 6.58. The van der Waals surface area contributed by atoms with E-state index in [-0.39, 0.29) is 6.61 Å². The Morgan fingerprint density at radius 1 is 1.42 bits per heavy atom. The summed E-state index contributed by atoms with van der Waals surface area (Å²) in [5, 5.41) is 21.4. The van der Waals surface area contributed by atoms with Crippen molar-refractivity contribution in [3.63, 3.8) is 0 Å². The first kappa shape index (κ1) is 13.4. The quantitative estimate of drug-likeness (QED) is 0.867. The van der Waals surface area contributed by atoms with Crippen molar-refractivity contribution in [1.82, 2.24) is 0 Å². The smallest absolute Gasteiger partial charge is 0.0997 e. The minimum atomic E-state index is 0.107. The van der Waals surface area contributed by atoms with Gasteiger partial charge in [0.2, 0.25) is 0 Å². The molecular formula is C16H18N2O. The van der Waals surface area contributed by atoms with Crippen molar-refractivity contribution in [1.29, 1.82) is 5.26 Å². The molecule has 19 heavy (non-hydrogen) atoms. The van der Waals surface area contributed by atoms with Gasteiger partial charge >= 0.3 is 0 Å². The van der Waals surface area contributed by atoms with Crippen LogP contribution in [-0.4, -0.2) is 18.3 Å². The molecule has 3 nitrogen and oxygen atoms in total. The van der Waals surface area contributed by atoms with E-state index >= 15 is 0 Å². The second-order valence-electron chi connectivity index (χ2n) is 4.50. The maximum absolute atomic E-state index is 9.39. The first-order valence-corrected chi connectivity index (χ1v) is 6.58. The van der Waals surface area contributed by atoms with Crippen molar-refractivity contribution in [2.24, 2.45) is 0 Å². The molecular weight excluding hydrogens is 236 g/mol. The van der Waals surface area contributed by atoms with Crippen molar-refractivity contribution in [2.45, 2.75) is 19.8 Å². The summed E-state index contributed by atoms with van der Waals surface area (Å²) >= 11 is 0. The van der Waals surface area contributed by atoms with Crippen LogP contribution in [-0.2, 0) is 0 Å². The minimum Gasteiger partial charge on any atom is -0.395 e. The molecule has 1 aromatic rings. The highest BCUT2D eigenvalue weighted by atomic mass is 16.3. The average molecular weight is 254 g/mol. The Morgan fingerprint density at radius 3 is 2.95 bits per heavy atom. The number of anilines is 1. The zero-order valence-corrected chi connectivity index (χ0v) is 11.1. The number of fused-ring (bicyclic) bond motifs is 1. The summed E-state index contributed by atoms with van der Waals surface area (Å²) in [5.74, 6) is 0. The monoisotopic (exact) mass is 254 g/mol. The van der Waals surface area contributed by atoms with Crippen LogP contribution in [0, 0.1) is 11.3 Å². The highest BCUT2D eigenvalue weighted by molar-refractivity contribution is 5.86. The summed E-state index contributed by atoms with van der Waals surface area (Å²) in [7, 11) is 0. The molecule has 0 atom stereocenters. The predicted molar refractivity (Wildman–Crippen MR) is 78.5 cm³/mol. The van der Waals surface area contributed by atoms with Gasteiger partial charge in [0.25, 0.3) is 0 Å². The molecule has 0 aliphatic heterocycles. The molecule has 1 aromatic carbocycles. The van der Waals surface area contributed by atoms with Gasteiger partial charge in [0.1, 0.15) is 0 Å². The van der Waals surface area contributed by atoms with Crippen LogP contribution in [0.5, 0.6) is 0 Å². The number of rotatable bonds is 4. The molecule has 2 N–H and O–H groups in total. The lowest BCUT2D eigenvalue weighted by atomic mass is 9.96. The zero-order valence-electron chi connectivity index (χ0n) is 11.1. The number of hydrogen-bond acceptors (Lipinski definition) is 3. The molecule has 0 saturated carbocycles. The molecule has 0 saturated heterocycles. The van der Waals surface area contributed by atoms with Crippen molar-refractivity contribution in [2.75, 3.05) is 18.5 Å². The Morgan fingerprint density at radius 2 is 2.26 bits per heavy atom. The number of aliphatic hydroxyl groups is 1. The Bertz CT molecular complexity index is 565. The lowest BCUT2D eigenvalue weighted by Crippen LogP contribution is -2.05. The van der Waals surface area contributed by atoms with Gasteiger partial charge in [-0.3, -0.25) is 0 Å². The van der Waals surface area contributed by atoms with Crippen molar-refractivity contribution < 1.29 is 5.11 Å². The van der Waals surface area contributed by atoms with Gasteiger partial charge in [0.05, 0.1) is 18.2 Å². The summed E-state index contributed by atoms with van der Waals surface area (Å²) in [4.78, 5) is 0. The topological polar surface area (TPSA) is 56.0 Å². The fourth-order valence-electron chi connectivity index (χ4n) is 2.32. The maximum Gasteiger partial charge on any atom is 0.0997 e. The number of allylic oxidation sites excluding steroid dienone is 3. The summed E-state index contributed by atoms with van der Waals surface area (Å²) in [6.07, 6.45) is 5.92. The molecule has 0 radical (unpaired) electrons. The Hall–Kier alpha value is -2.05. The fraction of sp³-hybridized carbons (Fsp3) is 0.312. The van der Waals surface area contributed by atoms with Crippen LogP contribution in [0.25, 0.3) is 11.6 Å². The van der Waals surface area contributed by atoms with Crippen LogP contribution in [0.1, 0.15) is 30.9 Å². The van der Waals surface area contributed by atoms with E-state index in [1.807, 2.05) is 18.2 Å². The lowest BCUT2D eigenvalue weighted by Gasteiger charge is -2.10. The van der Waals surface area contributed by atoms with Gasteiger partial charge in [0.15, 0.2) is 0 Å². The van der Waals surface area contributed by atoms with Gasteiger partial charge in [0, 0.05) is 12.2 Å². The maximum atomic E-state index is 9.39. The van der Waals surface area contributed by atoms with E-state index in [9.17, 15) is 5.26 Å². The SMILES string of the molecule is CCC1=C(C#N)c2ccc(NCCO)cc2C=CC1. The Balaban J connectivity index is 2.44. The van der Waals surface area contributed by atoms with Crippen molar-refractivity contribution in [3.05, 3.63) is 41.0 Å². The molecule has 0 spiro atoms. The van der Waals surface area contributed by atoms with E-state index in [1.54, 1.807) is 0 Å². The van der Waals surface area contributed by atoms with Crippen LogP contribution in [0.3, 0.4) is 0 Å². The van der Waals surface area contributed by atoms with Gasteiger partial charge in [-0.2, -0.15) is 5.26 Å². The second-order valence-corrected chi connectivity index (χ2v) is 4.50. The second kappa shape index (κ2) is 6.21. The molecule has 0 unspecified atom stereocenters. The van der Waals surface area contributed by atoms with Crippen LogP contribution < -0.4 is 5.32 Å². The number of benzene rings is 1. The number of aliphatic hydroxyl groups excluding tert-OH is 1. The molecule has 1 aliphatic rings. The van der Waals surface area contributed by atoms with E-state index in [1.165, 1.54) is 5.57 Å². The number of hydrogen-bond donors (Lipinski definition) is 2. The van der Waals surface area contributed by atoms with E-state index in [0.29, 0.717) is 6.54 Å². The summed E-state index contributed by atoms with van der Waals surface area (Å²) in [6, 6.07) is 8.31. The molecule has 0 aromatic heterocycles. The van der Waals surface area contributed by atoms with Crippen LogP contribution in [0.15, 0.2) is 29.8 Å². The fourth-order valence-corrected chi connectivity index (χ4v) is 2.32. The number of nitriles is 1. The molecule has 3 heteroatoms. The zero-order chi connectivity index (χ0) is 13.7. The van der Waals surface area contributed by atoms with Crippen LogP contribution in [0.2, 0.25) is 0 Å². The lowest BCUT2D eigenvalue weighted by molar-refractivity contribution is 0.311. The Labute approximate surface area is 113 Å².